The van der Waals surface area contributed by atoms with E-state index < -0.39 is 23.4 Å². The van der Waals surface area contributed by atoms with Crippen LogP contribution in [0.5, 0.6) is 0 Å². The van der Waals surface area contributed by atoms with Crippen LogP contribution in [0.4, 0.5) is 17.6 Å². The summed E-state index contributed by atoms with van der Waals surface area (Å²) in [6.07, 6.45) is -4.64. The highest BCUT2D eigenvalue weighted by Crippen LogP contribution is 2.35. The molecule has 1 aromatic carbocycles. The Bertz CT molecular complexity index is 556. The molecule has 2 aromatic rings. The van der Waals surface area contributed by atoms with E-state index in [1.165, 1.54) is 6.07 Å². The molecule has 0 aliphatic heterocycles. The molecule has 0 saturated heterocycles. The Hall–Kier alpha value is -1.63. The fourth-order valence-corrected chi connectivity index (χ4v) is 1.36. The summed E-state index contributed by atoms with van der Waals surface area (Å²) in [5, 5.41) is 0. The molecule has 3 N–H and O–H groups in total. The van der Waals surface area contributed by atoms with Crippen LogP contribution in [-0.4, -0.2) is 16.1 Å². The zero-order valence-electron chi connectivity index (χ0n) is 8.77. The number of rotatable bonds is 1. The molecule has 0 spiro atoms. The number of hydrogen-bond donors (Lipinski definition) is 2. The summed E-state index contributed by atoms with van der Waals surface area (Å²) in [5.41, 5.74) is 3.03. The van der Waals surface area contributed by atoms with Crippen molar-refractivity contribution in [3.8, 4) is 0 Å². The second-order valence-corrected chi connectivity index (χ2v) is 3.95. The number of benzene rings is 1. The third kappa shape index (κ3) is 1.86. The lowest BCUT2D eigenvalue weighted by molar-refractivity contribution is -0.186. The number of imidazole rings is 1. The molecule has 0 bridgehead atoms. The third-order valence-electron chi connectivity index (χ3n) is 2.52. The number of alkyl halides is 3. The van der Waals surface area contributed by atoms with Crippen molar-refractivity contribution in [1.82, 2.24) is 9.97 Å². The maximum absolute atomic E-state index is 12.9. The van der Waals surface area contributed by atoms with E-state index in [4.69, 9.17) is 5.73 Å². The van der Waals surface area contributed by atoms with Crippen LogP contribution < -0.4 is 5.73 Å². The zero-order chi connectivity index (χ0) is 12.8. The van der Waals surface area contributed by atoms with Crippen molar-refractivity contribution in [2.24, 2.45) is 5.73 Å². The van der Waals surface area contributed by atoms with Gasteiger partial charge in [-0.3, -0.25) is 0 Å². The molecule has 7 heteroatoms. The number of nitrogens with zero attached hydrogens (tertiary/aromatic N) is 1. The number of halogens is 4. The Morgan fingerprint density at radius 2 is 1.94 bits per heavy atom. The molecule has 1 unspecified atom stereocenters. The van der Waals surface area contributed by atoms with Gasteiger partial charge in [-0.15, -0.1) is 0 Å². The molecular weight excluding hydrogens is 238 g/mol. The van der Waals surface area contributed by atoms with Gasteiger partial charge in [0.05, 0.1) is 11.0 Å². The summed E-state index contributed by atoms with van der Waals surface area (Å²) >= 11 is 0. The molecule has 0 amide bonds. The third-order valence-corrected chi connectivity index (χ3v) is 2.52. The SMILES string of the molecule is CC(N)(c1nc2ccc(F)cc2[nH]1)C(F)(F)F. The summed E-state index contributed by atoms with van der Waals surface area (Å²) in [5.74, 6) is -0.996. The molecule has 0 fully saturated rings. The lowest BCUT2D eigenvalue weighted by Crippen LogP contribution is -2.48. The maximum Gasteiger partial charge on any atom is 0.413 e. The minimum atomic E-state index is -4.64. The standard InChI is InChI=1S/C10H9F4N3/c1-9(15,10(12,13)14)8-16-6-3-2-5(11)4-7(6)17-8/h2-4H,15H2,1H3,(H,16,17). The maximum atomic E-state index is 12.9. The first kappa shape index (κ1) is 11.8. The second kappa shape index (κ2) is 3.43. The van der Waals surface area contributed by atoms with Crippen LogP contribution in [0.2, 0.25) is 0 Å². The van der Waals surface area contributed by atoms with Crippen molar-refractivity contribution < 1.29 is 17.6 Å². The van der Waals surface area contributed by atoms with Crippen molar-refractivity contribution in [2.75, 3.05) is 0 Å². The number of nitrogens with one attached hydrogen (secondary N) is 1. The molecule has 1 aromatic heterocycles. The van der Waals surface area contributed by atoms with Crippen molar-refractivity contribution >= 4 is 11.0 Å². The first-order valence-corrected chi connectivity index (χ1v) is 4.73. The predicted octanol–water partition coefficient (Wildman–Crippen LogP) is 2.44. The van der Waals surface area contributed by atoms with E-state index in [-0.39, 0.29) is 11.0 Å². The van der Waals surface area contributed by atoms with E-state index in [0.717, 1.165) is 19.1 Å². The molecule has 92 valence electrons. The summed E-state index contributed by atoms with van der Waals surface area (Å²) in [6, 6.07) is 3.48. The highest BCUT2D eigenvalue weighted by atomic mass is 19.4. The van der Waals surface area contributed by atoms with Crippen LogP contribution >= 0.6 is 0 Å². The topological polar surface area (TPSA) is 54.7 Å². The largest absolute Gasteiger partial charge is 0.413 e. The Labute approximate surface area is 93.6 Å². The molecule has 2 rings (SSSR count). The molecule has 3 nitrogen and oxygen atoms in total. The average Bonchev–Trinajstić information content (AvgIpc) is 2.58. The summed E-state index contributed by atoms with van der Waals surface area (Å²) in [6.45, 7) is 0.807. The number of nitrogens with two attached hydrogens (primary N) is 1. The molecule has 17 heavy (non-hydrogen) atoms. The fraction of sp³-hybridized carbons (Fsp3) is 0.300. The van der Waals surface area contributed by atoms with Crippen LogP contribution in [0.3, 0.4) is 0 Å². The second-order valence-electron chi connectivity index (χ2n) is 3.95. The van der Waals surface area contributed by atoms with Crippen molar-refractivity contribution in [1.29, 1.82) is 0 Å². The number of H-pyrrole nitrogens is 1. The van der Waals surface area contributed by atoms with E-state index in [1.807, 2.05) is 0 Å². The van der Waals surface area contributed by atoms with Crippen LogP contribution in [-0.2, 0) is 5.54 Å². The van der Waals surface area contributed by atoms with Gasteiger partial charge in [-0.2, -0.15) is 13.2 Å². The summed E-state index contributed by atoms with van der Waals surface area (Å²) in [4.78, 5) is 6.11. The Morgan fingerprint density at radius 3 is 2.53 bits per heavy atom. The van der Waals surface area contributed by atoms with E-state index in [1.54, 1.807) is 0 Å². The minimum Gasteiger partial charge on any atom is -0.340 e. The van der Waals surface area contributed by atoms with E-state index in [0.29, 0.717) is 0 Å². The van der Waals surface area contributed by atoms with Gasteiger partial charge in [-0.25, -0.2) is 9.37 Å². The summed E-state index contributed by atoms with van der Waals surface area (Å²) in [7, 11) is 0. The molecule has 0 aliphatic carbocycles. The van der Waals surface area contributed by atoms with Gasteiger partial charge in [-0.05, 0) is 25.1 Å². The Balaban J connectivity index is 2.57. The molecular formula is C10H9F4N3. The Kier molecular flexibility index (Phi) is 2.39. The monoisotopic (exact) mass is 247 g/mol. The van der Waals surface area contributed by atoms with Crippen LogP contribution in [0.25, 0.3) is 11.0 Å². The molecule has 1 heterocycles. The number of aromatic nitrogens is 2. The highest BCUT2D eigenvalue weighted by molar-refractivity contribution is 5.75. The van der Waals surface area contributed by atoms with Crippen molar-refractivity contribution in [3.63, 3.8) is 0 Å². The number of hydrogen-bond acceptors (Lipinski definition) is 2. The zero-order valence-corrected chi connectivity index (χ0v) is 8.77. The molecule has 0 radical (unpaired) electrons. The molecule has 1 atom stereocenters. The van der Waals surface area contributed by atoms with Crippen molar-refractivity contribution in [2.45, 2.75) is 18.6 Å². The molecule has 0 aliphatic rings. The predicted molar refractivity (Wildman–Crippen MR) is 53.6 cm³/mol. The smallest absolute Gasteiger partial charge is 0.340 e. The average molecular weight is 247 g/mol. The van der Waals surface area contributed by atoms with Gasteiger partial charge in [-0.1, -0.05) is 0 Å². The van der Waals surface area contributed by atoms with Crippen LogP contribution in [0.15, 0.2) is 18.2 Å². The summed E-state index contributed by atoms with van der Waals surface area (Å²) < 4.78 is 50.9. The first-order valence-electron chi connectivity index (χ1n) is 4.73. The van der Waals surface area contributed by atoms with Gasteiger partial charge < -0.3 is 10.7 Å². The lowest BCUT2D eigenvalue weighted by Gasteiger charge is -2.24. The van der Waals surface area contributed by atoms with Crippen molar-refractivity contribution in [3.05, 3.63) is 29.8 Å². The van der Waals surface area contributed by atoms with Gasteiger partial charge in [0.2, 0.25) is 0 Å². The van der Waals surface area contributed by atoms with E-state index in [2.05, 4.69) is 9.97 Å². The van der Waals surface area contributed by atoms with Gasteiger partial charge in [0.1, 0.15) is 11.6 Å². The quantitative estimate of drug-likeness (QED) is 0.760. The number of fused-ring (bicyclic) bond motifs is 1. The van der Waals surface area contributed by atoms with Gasteiger partial charge in [0.15, 0.2) is 5.54 Å². The van der Waals surface area contributed by atoms with Gasteiger partial charge in [0.25, 0.3) is 0 Å². The fourth-order valence-electron chi connectivity index (χ4n) is 1.36. The highest BCUT2D eigenvalue weighted by Gasteiger charge is 2.51. The molecule has 0 saturated carbocycles. The van der Waals surface area contributed by atoms with Crippen LogP contribution in [0.1, 0.15) is 12.7 Å². The Morgan fingerprint density at radius 1 is 1.29 bits per heavy atom. The lowest BCUT2D eigenvalue weighted by atomic mass is 10.0. The van der Waals surface area contributed by atoms with E-state index in [9.17, 15) is 17.6 Å². The van der Waals surface area contributed by atoms with Crippen LogP contribution in [0, 0.1) is 5.82 Å². The minimum absolute atomic E-state index is 0.181. The van der Waals surface area contributed by atoms with E-state index >= 15 is 0 Å². The van der Waals surface area contributed by atoms with Gasteiger partial charge in [0, 0.05) is 0 Å². The first-order chi connectivity index (χ1) is 7.72. The van der Waals surface area contributed by atoms with Gasteiger partial charge >= 0.3 is 6.18 Å². The number of aromatic amines is 1. The normalized spacial score (nSPS) is 16.1.